The molecule has 2 aromatic rings. The summed E-state index contributed by atoms with van der Waals surface area (Å²) in [5, 5.41) is 6.86. The highest BCUT2D eigenvalue weighted by Crippen LogP contribution is 2.12. The average Bonchev–Trinajstić information content (AvgIpc) is 3.18. The van der Waals surface area contributed by atoms with E-state index < -0.39 is 0 Å². The van der Waals surface area contributed by atoms with Crippen molar-refractivity contribution in [2.75, 3.05) is 6.61 Å². The van der Waals surface area contributed by atoms with Crippen LogP contribution in [-0.2, 0) is 16.1 Å². The highest BCUT2D eigenvalue weighted by molar-refractivity contribution is 5.80. The number of carbonyl (C=O) groups excluding carboxylic acids is 1. The summed E-state index contributed by atoms with van der Waals surface area (Å²) in [6, 6.07) is 3.74. The van der Waals surface area contributed by atoms with Gasteiger partial charge in [0.05, 0.1) is 0 Å². The maximum Gasteiger partial charge on any atom is 0.249 e. The summed E-state index contributed by atoms with van der Waals surface area (Å²) in [5.41, 5.74) is 0.931. The van der Waals surface area contributed by atoms with Crippen LogP contribution in [0.4, 0.5) is 0 Å². The number of nitrogens with zero attached hydrogens (tertiary/aromatic N) is 4. The number of pyridine rings is 1. The SMILES string of the molecule is O=C(NCc1ccc(-n2cncn2)nc1)C1CCCO1. The van der Waals surface area contributed by atoms with Crippen molar-refractivity contribution in [2.24, 2.45) is 0 Å². The molecule has 2 aromatic heterocycles. The van der Waals surface area contributed by atoms with Crippen molar-refractivity contribution in [1.82, 2.24) is 25.1 Å². The van der Waals surface area contributed by atoms with Crippen molar-refractivity contribution >= 4 is 5.91 Å². The number of nitrogens with one attached hydrogen (secondary N) is 1. The van der Waals surface area contributed by atoms with E-state index in [1.807, 2.05) is 12.1 Å². The molecule has 1 saturated heterocycles. The Balaban J connectivity index is 1.57. The highest BCUT2D eigenvalue weighted by atomic mass is 16.5. The van der Waals surface area contributed by atoms with E-state index >= 15 is 0 Å². The Morgan fingerprint density at radius 2 is 2.45 bits per heavy atom. The summed E-state index contributed by atoms with van der Waals surface area (Å²) < 4.78 is 6.90. The van der Waals surface area contributed by atoms with Gasteiger partial charge in [0.15, 0.2) is 5.82 Å². The summed E-state index contributed by atoms with van der Waals surface area (Å²) in [4.78, 5) is 19.9. The number of hydrogen-bond donors (Lipinski definition) is 1. The minimum Gasteiger partial charge on any atom is -0.368 e. The quantitative estimate of drug-likeness (QED) is 0.875. The van der Waals surface area contributed by atoms with Crippen LogP contribution in [0.25, 0.3) is 5.82 Å². The number of ether oxygens (including phenoxy) is 1. The lowest BCUT2D eigenvalue weighted by atomic mass is 10.2. The van der Waals surface area contributed by atoms with Gasteiger partial charge in [0, 0.05) is 19.3 Å². The summed E-state index contributed by atoms with van der Waals surface area (Å²) in [7, 11) is 0. The zero-order valence-electron chi connectivity index (χ0n) is 10.9. The van der Waals surface area contributed by atoms with E-state index in [2.05, 4.69) is 20.4 Å². The third kappa shape index (κ3) is 2.83. The predicted octanol–water partition coefficient (Wildman–Crippen LogP) is 0.457. The van der Waals surface area contributed by atoms with Crippen LogP contribution in [0.1, 0.15) is 18.4 Å². The number of rotatable bonds is 4. The van der Waals surface area contributed by atoms with Crippen LogP contribution < -0.4 is 5.32 Å². The lowest BCUT2D eigenvalue weighted by molar-refractivity contribution is -0.130. The van der Waals surface area contributed by atoms with Gasteiger partial charge in [-0.1, -0.05) is 6.07 Å². The molecule has 1 aliphatic heterocycles. The molecule has 0 aromatic carbocycles. The molecule has 1 N–H and O–H groups in total. The van der Waals surface area contributed by atoms with Gasteiger partial charge in [-0.25, -0.2) is 14.6 Å². The smallest absolute Gasteiger partial charge is 0.249 e. The van der Waals surface area contributed by atoms with Gasteiger partial charge in [-0.15, -0.1) is 0 Å². The molecule has 0 radical (unpaired) electrons. The van der Waals surface area contributed by atoms with Gasteiger partial charge in [-0.2, -0.15) is 5.10 Å². The zero-order valence-corrected chi connectivity index (χ0v) is 10.9. The number of amides is 1. The van der Waals surface area contributed by atoms with E-state index in [-0.39, 0.29) is 12.0 Å². The van der Waals surface area contributed by atoms with Crippen LogP contribution in [0.15, 0.2) is 31.0 Å². The Morgan fingerprint density at radius 1 is 1.50 bits per heavy atom. The average molecular weight is 273 g/mol. The van der Waals surface area contributed by atoms with Crippen LogP contribution in [-0.4, -0.2) is 38.4 Å². The first kappa shape index (κ1) is 12.7. The first-order valence-electron chi connectivity index (χ1n) is 6.52. The summed E-state index contributed by atoms with van der Waals surface area (Å²) >= 11 is 0. The molecule has 7 heteroatoms. The number of carbonyl (C=O) groups is 1. The maximum atomic E-state index is 11.8. The second-order valence-corrected chi connectivity index (χ2v) is 4.58. The first-order chi connectivity index (χ1) is 9.83. The molecule has 1 unspecified atom stereocenters. The van der Waals surface area contributed by atoms with Gasteiger partial charge in [0.1, 0.15) is 18.8 Å². The number of aromatic nitrogens is 4. The van der Waals surface area contributed by atoms with E-state index in [0.29, 0.717) is 19.0 Å². The van der Waals surface area contributed by atoms with Crippen molar-refractivity contribution in [1.29, 1.82) is 0 Å². The zero-order chi connectivity index (χ0) is 13.8. The van der Waals surface area contributed by atoms with E-state index in [0.717, 1.165) is 18.4 Å². The van der Waals surface area contributed by atoms with Gasteiger partial charge < -0.3 is 10.1 Å². The molecule has 1 aliphatic rings. The van der Waals surface area contributed by atoms with Crippen molar-refractivity contribution in [3.8, 4) is 5.82 Å². The predicted molar refractivity (Wildman–Crippen MR) is 70.0 cm³/mol. The largest absolute Gasteiger partial charge is 0.368 e. The van der Waals surface area contributed by atoms with Crippen LogP contribution in [0.3, 0.4) is 0 Å². The maximum absolute atomic E-state index is 11.8. The summed E-state index contributed by atoms with van der Waals surface area (Å²) in [6.45, 7) is 1.12. The molecule has 3 rings (SSSR count). The molecule has 0 aliphatic carbocycles. The third-order valence-electron chi connectivity index (χ3n) is 3.15. The topological polar surface area (TPSA) is 81.9 Å². The highest BCUT2D eigenvalue weighted by Gasteiger charge is 2.22. The van der Waals surface area contributed by atoms with Crippen LogP contribution in [0, 0.1) is 0 Å². The molecule has 3 heterocycles. The van der Waals surface area contributed by atoms with E-state index in [9.17, 15) is 4.79 Å². The normalized spacial score (nSPS) is 18.1. The molecule has 7 nitrogen and oxygen atoms in total. The molecule has 0 bridgehead atoms. The fourth-order valence-corrected chi connectivity index (χ4v) is 2.07. The molecule has 1 amide bonds. The third-order valence-corrected chi connectivity index (χ3v) is 3.15. The first-order valence-corrected chi connectivity index (χ1v) is 6.52. The Kier molecular flexibility index (Phi) is 3.69. The Bertz CT molecular complexity index is 561. The molecular formula is C13H15N5O2. The van der Waals surface area contributed by atoms with E-state index in [1.165, 1.54) is 6.33 Å². The summed E-state index contributed by atoms with van der Waals surface area (Å²) in [5.74, 6) is 0.638. The van der Waals surface area contributed by atoms with Crippen LogP contribution >= 0.6 is 0 Å². The fraction of sp³-hybridized carbons (Fsp3) is 0.385. The molecule has 1 atom stereocenters. The molecule has 0 saturated carbocycles. The summed E-state index contributed by atoms with van der Waals surface area (Å²) in [6.07, 6.45) is 6.21. The van der Waals surface area contributed by atoms with Crippen molar-refractivity contribution < 1.29 is 9.53 Å². The second kappa shape index (κ2) is 5.79. The molecule has 0 spiro atoms. The van der Waals surface area contributed by atoms with Crippen molar-refractivity contribution in [2.45, 2.75) is 25.5 Å². The second-order valence-electron chi connectivity index (χ2n) is 4.58. The van der Waals surface area contributed by atoms with Gasteiger partial charge in [0.25, 0.3) is 0 Å². The fourth-order valence-electron chi connectivity index (χ4n) is 2.07. The van der Waals surface area contributed by atoms with Gasteiger partial charge in [-0.05, 0) is 24.5 Å². The van der Waals surface area contributed by atoms with E-state index in [1.54, 1.807) is 17.2 Å². The molecule has 1 fully saturated rings. The molecule has 20 heavy (non-hydrogen) atoms. The monoisotopic (exact) mass is 273 g/mol. The minimum atomic E-state index is -0.294. The minimum absolute atomic E-state index is 0.0529. The number of hydrogen-bond acceptors (Lipinski definition) is 5. The Hall–Kier alpha value is -2.28. The Labute approximate surface area is 116 Å². The molecule has 104 valence electrons. The van der Waals surface area contributed by atoms with E-state index in [4.69, 9.17) is 4.74 Å². The lowest BCUT2D eigenvalue weighted by Crippen LogP contribution is -2.33. The van der Waals surface area contributed by atoms with Crippen LogP contribution in [0.2, 0.25) is 0 Å². The van der Waals surface area contributed by atoms with Crippen LogP contribution in [0.5, 0.6) is 0 Å². The van der Waals surface area contributed by atoms with Gasteiger partial charge in [0.2, 0.25) is 5.91 Å². The van der Waals surface area contributed by atoms with Crippen molar-refractivity contribution in [3.63, 3.8) is 0 Å². The lowest BCUT2D eigenvalue weighted by Gasteiger charge is -2.10. The molecular weight excluding hydrogens is 258 g/mol. The standard InChI is InChI=1S/C13H15N5O2/c19-13(11-2-1-5-20-11)16-7-10-3-4-12(15-6-10)18-9-14-8-17-18/h3-4,6,8-9,11H,1-2,5,7H2,(H,16,19). The van der Waals surface area contributed by atoms with Crippen molar-refractivity contribution in [3.05, 3.63) is 36.5 Å². The van der Waals surface area contributed by atoms with Gasteiger partial charge in [-0.3, -0.25) is 4.79 Å². The Morgan fingerprint density at radius 3 is 3.10 bits per heavy atom. The van der Waals surface area contributed by atoms with Gasteiger partial charge >= 0.3 is 0 Å².